The molecule has 88 valence electrons. The summed E-state index contributed by atoms with van der Waals surface area (Å²) in [5.41, 5.74) is 8.32. The molecule has 0 saturated carbocycles. The maximum Gasteiger partial charge on any atom is 0.146 e. The van der Waals surface area contributed by atoms with Crippen LogP contribution in [0, 0.1) is 5.82 Å². The number of halogens is 1. The van der Waals surface area contributed by atoms with Crippen molar-refractivity contribution in [1.82, 2.24) is 4.98 Å². The predicted molar refractivity (Wildman–Crippen MR) is 71.5 cm³/mol. The zero-order chi connectivity index (χ0) is 12.5. The molecule has 3 rings (SSSR count). The normalized spacial score (nSPS) is 10.7. The lowest BCUT2D eigenvalue weighted by atomic mass is 10.0. The molecule has 1 aromatic heterocycles. The first-order valence-corrected chi connectivity index (χ1v) is 5.65. The second-order valence-corrected chi connectivity index (χ2v) is 4.11. The van der Waals surface area contributed by atoms with E-state index in [1.807, 2.05) is 36.4 Å². The molecule has 0 radical (unpaired) electrons. The first-order chi connectivity index (χ1) is 8.75. The Bertz CT molecular complexity index is 717. The summed E-state index contributed by atoms with van der Waals surface area (Å²) >= 11 is 0. The van der Waals surface area contributed by atoms with E-state index in [-0.39, 0.29) is 5.69 Å². The van der Waals surface area contributed by atoms with Crippen LogP contribution in [0.5, 0.6) is 0 Å². The van der Waals surface area contributed by atoms with Gasteiger partial charge in [-0.3, -0.25) is 4.98 Å². The highest BCUT2D eigenvalue weighted by molar-refractivity contribution is 5.94. The summed E-state index contributed by atoms with van der Waals surface area (Å²) in [6, 6.07) is 14.5. The Morgan fingerprint density at radius 2 is 1.89 bits per heavy atom. The Morgan fingerprint density at radius 1 is 1.00 bits per heavy atom. The number of pyridine rings is 1. The van der Waals surface area contributed by atoms with Crippen molar-refractivity contribution in [2.24, 2.45) is 0 Å². The maximum absolute atomic E-state index is 13.5. The fourth-order valence-corrected chi connectivity index (χ4v) is 2.05. The summed E-state index contributed by atoms with van der Waals surface area (Å²) < 4.78 is 13.5. The standard InChI is InChI=1S/C15H11FN2/c16-13-9-10(6-7-14(13)17)11-3-1-5-15-12(11)4-2-8-18-15/h1-9H,17H2. The van der Waals surface area contributed by atoms with Crippen LogP contribution in [0.4, 0.5) is 10.1 Å². The van der Waals surface area contributed by atoms with Gasteiger partial charge in [-0.15, -0.1) is 0 Å². The van der Waals surface area contributed by atoms with E-state index in [2.05, 4.69) is 4.98 Å². The lowest BCUT2D eigenvalue weighted by molar-refractivity contribution is 0.633. The Kier molecular flexibility index (Phi) is 2.45. The highest BCUT2D eigenvalue weighted by Crippen LogP contribution is 2.29. The quantitative estimate of drug-likeness (QED) is 0.657. The number of nitrogen functional groups attached to an aromatic ring is 1. The van der Waals surface area contributed by atoms with Crippen molar-refractivity contribution in [3.63, 3.8) is 0 Å². The number of rotatable bonds is 1. The minimum Gasteiger partial charge on any atom is -0.396 e. The monoisotopic (exact) mass is 238 g/mol. The average molecular weight is 238 g/mol. The smallest absolute Gasteiger partial charge is 0.146 e. The molecule has 0 amide bonds. The molecule has 2 aromatic carbocycles. The minimum atomic E-state index is -0.395. The van der Waals surface area contributed by atoms with Gasteiger partial charge in [0.2, 0.25) is 0 Å². The second kappa shape index (κ2) is 4.11. The molecular weight excluding hydrogens is 227 g/mol. The van der Waals surface area contributed by atoms with Crippen molar-refractivity contribution in [2.45, 2.75) is 0 Å². The third kappa shape index (κ3) is 1.70. The van der Waals surface area contributed by atoms with E-state index in [0.717, 1.165) is 22.0 Å². The number of benzene rings is 2. The van der Waals surface area contributed by atoms with Crippen molar-refractivity contribution >= 4 is 16.6 Å². The van der Waals surface area contributed by atoms with Crippen LogP contribution in [0.15, 0.2) is 54.7 Å². The molecule has 0 saturated heterocycles. The summed E-state index contributed by atoms with van der Waals surface area (Å²) in [6.45, 7) is 0. The summed E-state index contributed by atoms with van der Waals surface area (Å²) in [5.74, 6) is -0.395. The van der Waals surface area contributed by atoms with Crippen molar-refractivity contribution < 1.29 is 4.39 Å². The van der Waals surface area contributed by atoms with Crippen LogP contribution >= 0.6 is 0 Å². The van der Waals surface area contributed by atoms with Gasteiger partial charge < -0.3 is 5.73 Å². The summed E-state index contributed by atoms with van der Waals surface area (Å²) in [5, 5.41) is 1.00. The highest BCUT2D eigenvalue weighted by atomic mass is 19.1. The molecule has 0 spiro atoms. The summed E-state index contributed by atoms with van der Waals surface area (Å²) in [4.78, 5) is 4.29. The van der Waals surface area contributed by atoms with Gasteiger partial charge in [0.25, 0.3) is 0 Å². The van der Waals surface area contributed by atoms with Crippen LogP contribution < -0.4 is 5.73 Å². The van der Waals surface area contributed by atoms with Gasteiger partial charge in [-0.2, -0.15) is 0 Å². The molecule has 0 unspecified atom stereocenters. The number of hydrogen-bond donors (Lipinski definition) is 1. The number of aromatic nitrogens is 1. The molecule has 0 aliphatic rings. The van der Waals surface area contributed by atoms with Gasteiger partial charge in [-0.1, -0.05) is 24.3 Å². The molecule has 3 aromatic rings. The third-order valence-electron chi connectivity index (χ3n) is 2.96. The van der Waals surface area contributed by atoms with Crippen LogP contribution in [-0.2, 0) is 0 Å². The molecule has 18 heavy (non-hydrogen) atoms. The van der Waals surface area contributed by atoms with Crippen molar-refractivity contribution in [1.29, 1.82) is 0 Å². The number of fused-ring (bicyclic) bond motifs is 1. The average Bonchev–Trinajstić information content (AvgIpc) is 2.41. The molecular formula is C15H11FN2. The Hall–Kier alpha value is -2.42. The van der Waals surface area contributed by atoms with E-state index >= 15 is 0 Å². The van der Waals surface area contributed by atoms with E-state index in [9.17, 15) is 4.39 Å². The molecule has 0 aliphatic carbocycles. The highest BCUT2D eigenvalue weighted by Gasteiger charge is 2.06. The number of anilines is 1. The molecule has 0 fully saturated rings. The Morgan fingerprint density at radius 3 is 2.72 bits per heavy atom. The lowest BCUT2D eigenvalue weighted by Crippen LogP contribution is -1.91. The second-order valence-electron chi connectivity index (χ2n) is 4.11. The topological polar surface area (TPSA) is 38.9 Å². The lowest BCUT2D eigenvalue weighted by Gasteiger charge is -2.07. The number of nitrogens with two attached hydrogens (primary N) is 1. The molecule has 2 nitrogen and oxygen atoms in total. The summed E-state index contributed by atoms with van der Waals surface area (Å²) in [6.07, 6.45) is 1.75. The van der Waals surface area contributed by atoms with E-state index in [4.69, 9.17) is 5.73 Å². The maximum atomic E-state index is 13.5. The van der Waals surface area contributed by atoms with Gasteiger partial charge in [-0.25, -0.2) is 4.39 Å². The molecule has 2 N–H and O–H groups in total. The van der Waals surface area contributed by atoms with Gasteiger partial charge in [0.1, 0.15) is 5.82 Å². The van der Waals surface area contributed by atoms with Gasteiger partial charge in [0, 0.05) is 11.6 Å². The van der Waals surface area contributed by atoms with Crippen LogP contribution in [0.3, 0.4) is 0 Å². The van der Waals surface area contributed by atoms with Crippen LogP contribution in [0.2, 0.25) is 0 Å². The van der Waals surface area contributed by atoms with Crippen LogP contribution in [0.1, 0.15) is 0 Å². The van der Waals surface area contributed by atoms with Crippen LogP contribution in [0.25, 0.3) is 22.0 Å². The molecule has 0 atom stereocenters. The predicted octanol–water partition coefficient (Wildman–Crippen LogP) is 3.62. The SMILES string of the molecule is Nc1ccc(-c2cccc3ncccc23)cc1F. The van der Waals surface area contributed by atoms with Gasteiger partial charge in [-0.05, 0) is 35.4 Å². The zero-order valence-corrected chi connectivity index (χ0v) is 9.60. The zero-order valence-electron chi connectivity index (χ0n) is 9.60. The molecule has 0 aliphatic heterocycles. The van der Waals surface area contributed by atoms with E-state index in [1.165, 1.54) is 6.07 Å². The van der Waals surface area contributed by atoms with Crippen molar-refractivity contribution in [3.8, 4) is 11.1 Å². The van der Waals surface area contributed by atoms with Gasteiger partial charge in [0.05, 0.1) is 11.2 Å². The largest absolute Gasteiger partial charge is 0.396 e. The fraction of sp³-hybridized carbons (Fsp3) is 0. The molecule has 1 heterocycles. The van der Waals surface area contributed by atoms with Crippen molar-refractivity contribution in [3.05, 3.63) is 60.5 Å². The van der Waals surface area contributed by atoms with Crippen LogP contribution in [-0.4, -0.2) is 4.98 Å². The first kappa shape index (κ1) is 10.7. The van der Waals surface area contributed by atoms with Crippen molar-refractivity contribution in [2.75, 3.05) is 5.73 Å². The van der Waals surface area contributed by atoms with E-state index in [0.29, 0.717) is 0 Å². The number of nitrogens with zero attached hydrogens (tertiary/aromatic N) is 1. The van der Waals surface area contributed by atoms with E-state index < -0.39 is 5.82 Å². The fourth-order valence-electron chi connectivity index (χ4n) is 2.05. The molecule has 0 bridgehead atoms. The molecule has 3 heteroatoms. The minimum absolute atomic E-state index is 0.164. The van der Waals surface area contributed by atoms with Gasteiger partial charge >= 0.3 is 0 Å². The number of hydrogen-bond acceptors (Lipinski definition) is 2. The van der Waals surface area contributed by atoms with E-state index in [1.54, 1.807) is 12.3 Å². The summed E-state index contributed by atoms with van der Waals surface area (Å²) in [7, 11) is 0. The Labute approximate surface area is 104 Å². The Balaban J connectivity index is 2.28. The first-order valence-electron chi connectivity index (χ1n) is 5.65. The third-order valence-corrected chi connectivity index (χ3v) is 2.96. The van der Waals surface area contributed by atoms with Gasteiger partial charge in [0.15, 0.2) is 0 Å².